The highest BCUT2D eigenvalue weighted by atomic mass is 35.5. The van der Waals surface area contributed by atoms with Crippen LogP contribution in [0.5, 0.6) is 0 Å². The van der Waals surface area contributed by atoms with Gasteiger partial charge < -0.3 is 9.73 Å². The largest absolute Gasteiger partial charge is 0.451 e. The van der Waals surface area contributed by atoms with Crippen molar-refractivity contribution < 1.29 is 9.21 Å². The molecule has 6 heteroatoms. The maximum absolute atomic E-state index is 12.0. The Morgan fingerprint density at radius 2 is 2.05 bits per heavy atom. The Labute approximate surface area is 119 Å². The van der Waals surface area contributed by atoms with Gasteiger partial charge in [-0.2, -0.15) is 0 Å². The van der Waals surface area contributed by atoms with Gasteiger partial charge in [0.2, 0.25) is 0 Å². The lowest BCUT2D eigenvalue weighted by Crippen LogP contribution is -2.12. The zero-order chi connectivity index (χ0) is 14.1. The number of carbonyl (C=O) groups is 1. The van der Waals surface area contributed by atoms with Crippen molar-refractivity contribution in [3.8, 4) is 0 Å². The third kappa shape index (κ3) is 2.48. The Kier molecular flexibility index (Phi) is 3.12. The number of nitrogens with one attached hydrogen (secondary N) is 1. The molecule has 5 nitrogen and oxygen atoms in total. The van der Waals surface area contributed by atoms with Gasteiger partial charge in [-0.1, -0.05) is 23.2 Å². The zero-order valence-corrected chi connectivity index (χ0v) is 11.3. The highest BCUT2D eigenvalue weighted by Crippen LogP contribution is 2.21. The van der Waals surface area contributed by atoms with Gasteiger partial charge in [0, 0.05) is 5.39 Å². The third-order valence-electron chi connectivity index (χ3n) is 2.77. The van der Waals surface area contributed by atoms with Crippen LogP contribution in [0.15, 0.2) is 40.8 Å². The van der Waals surface area contributed by atoms with Gasteiger partial charge in [-0.25, -0.2) is 0 Å². The number of benzene rings is 1. The first-order valence-corrected chi connectivity index (χ1v) is 6.30. The minimum absolute atomic E-state index is 0.224. The van der Waals surface area contributed by atoms with Crippen molar-refractivity contribution in [2.24, 2.45) is 0 Å². The van der Waals surface area contributed by atoms with E-state index in [9.17, 15) is 4.79 Å². The van der Waals surface area contributed by atoms with E-state index in [0.717, 1.165) is 10.9 Å². The van der Waals surface area contributed by atoms with E-state index in [1.54, 1.807) is 18.2 Å². The quantitative estimate of drug-likeness (QED) is 0.784. The number of anilines is 1. The van der Waals surface area contributed by atoms with Crippen molar-refractivity contribution in [2.75, 3.05) is 5.32 Å². The molecule has 0 spiro atoms. The normalized spacial score (nSPS) is 10.7. The molecule has 2 heterocycles. The summed E-state index contributed by atoms with van der Waals surface area (Å²) in [5, 5.41) is 11.2. The van der Waals surface area contributed by atoms with Crippen LogP contribution in [-0.2, 0) is 0 Å². The van der Waals surface area contributed by atoms with Crippen molar-refractivity contribution >= 4 is 34.3 Å². The third-order valence-corrected chi connectivity index (χ3v) is 2.97. The van der Waals surface area contributed by atoms with Crippen molar-refractivity contribution in [3.05, 3.63) is 52.9 Å². The molecule has 0 radical (unpaired) electrons. The number of rotatable bonds is 2. The van der Waals surface area contributed by atoms with Crippen molar-refractivity contribution in [1.82, 2.24) is 10.2 Å². The molecule has 1 amide bonds. The molecular formula is C14H10ClN3O2. The van der Waals surface area contributed by atoms with Crippen LogP contribution in [0.2, 0.25) is 5.15 Å². The fraction of sp³-hybridized carbons (Fsp3) is 0.0714. The fourth-order valence-electron chi connectivity index (χ4n) is 1.84. The van der Waals surface area contributed by atoms with E-state index in [1.807, 2.05) is 25.1 Å². The van der Waals surface area contributed by atoms with Crippen LogP contribution >= 0.6 is 11.6 Å². The Bertz CT molecular complexity index is 781. The molecule has 1 aromatic carbocycles. The molecule has 0 saturated carbocycles. The van der Waals surface area contributed by atoms with Crippen molar-refractivity contribution in [1.29, 1.82) is 0 Å². The second-order valence-electron chi connectivity index (χ2n) is 4.35. The van der Waals surface area contributed by atoms with Gasteiger partial charge >= 0.3 is 0 Å². The van der Waals surface area contributed by atoms with E-state index in [0.29, 0.717) is 11.4 Å². The van der Waals surface area contributed by atoms with Gasteiger partial charge in [0.15, 0.2) is 16.7 Å². The van der Waals surface area contributed by atoms with Crippen molar-refractivity contribution in [2.45, 2.75) is 6.92 Å². The Hall–Kier alpha value is -2.40. The number of amides is 1. The summed E-state index contributed by atoms with van der Waals surface area (Å²) in [6.07, 6.45) is 0. The number of halogens is 1. The number of hydrogen-bond acceptors (Lipinski definition) is 4. The summed E-state index contributed by atoms with van der Waals surface area (Å²) in [6, 6.07) is 10.5. The number of fused-ring (bicyclic) bond motifs is 1. The molecule has 100 valence electrons. The topological polar surface area (TPSA) is 68.0 Å². The van der Waals surface area contributed by atoms with Crippen LogP contribution in [0.25, 0.3) is 11.0 Å². The summed E-state index contributed by atoms with van der Waals surface area (Å²) in [6.45, 7) is 1.98. The molecule has 1 N–H and O–H groups in total. The molecule has 0 aliphatic heterocycles. The predicted molar refractivity (Wildman–Crippen MR) is 75.9 cm³/mol. The minimum Gasteiger partial charge on any atom is -0.451 e. The van der Waals surface area contributed by atoms with Gasteiger partial charge in [-0.05, 0) is 37.3 Å². The molecule has 0 aliphatic rings. The van der Waals surface area contributed by atoms with E-state index in [2.05, 4.69) is 15.5 Å². The molecule has 2 aromatic heterocycles. The van der Waals surface area contributed by atoms with Crippen LogP contribution in [0, 0.1) is 6.92 Å². The summed E-state index contributed by atoms with van der Waals surface area (Å²) < 4.78 is 5.49. The Morgan fingerprint density at radius 3 is 2.80 bits per heavy atom. The van der Waals surface area contributed by atoms with E-state index in [1.165, 1.54) is 0 Å². The molecule has 3 aromatic rings. The molecule has 0 aliphatic carbocycles. The standard InChI is InChI=1S/C14H10ClN3O2/c1-8-2-3-10-9(6-8)7-11(20-10)14(19)16-13-5-4-12(15)17-18-13/h2-7H,1H3,(H,16,18,19). The number of aryl methyl sites for hydroxylation is 1. The lowest BCUT2D eigenvalue weighted by Gasteiger charge is -2.00. The van der Waals surface area contributed by atoms with E-state index < -0.39 is 0 Å². The maximum atomic E-state index is 12.0. The second-order valence-corrected chi connectivity index (χ2v) is 4.73. The van der Waals surface area contributed by atoms with E-state index in [-0.39, 0.29) is 16.8 Å². The average Bonchev–Trinajstić information content (AvgIpc) is 2.84. The monoisotopic (exact) mass is 287 g/mol. The number of furan rings is 1. The maximum Gasteiger partial charge on any atom is 0.292 e. The summed E-state index contributed by atoms with van der Waals surface area (Å²) >= 11 is 5.63. The summed E-state index contributed by atoms with van der Waals surface area (Å²) in [5.74, 6) is 0.161. The van der Waals surface area contributed by atoms with Crippen LogP contribution in [0.1, 0.15) is 16.1 Å². The average molecular weight is 288 g/mol. The molecule has 0 unspecified atom stereocenters. The molecule has 3 rings (SSSR count). The highest BCUT2D eigenvalue weighted by molar-refractivity contribution is 6.29. The molecule has 0 fully saturated rings. The van der Waals surface area contributed by atoms with E-state index >= 15 is 0 Å². The van der Waals surface area contributed by atoms with Crippen LogP contribution in [0.4, 0.5) is 5.82 Å². The predicted octanol–water partition coefficient (Wildman–Crippen LogP) is 3.44. The van der Waals surface area contributed by atoms with Crippen LogP contribution in [0.3, 0.4) is 0 Å². The Morgan fingerprint density at radius 1 is 1.20 bits per heavy atom. The van der Waals surface area contributed by atoms with Gasteiger partial charge in [0.25, 0.3) is 5.91 Å². The first-order chi connectivity index (χ1) is 9.61. The lowest BCUT2D eigenvalue weighted by molar-refractivity contribution is 0.0998. The van der Waals surface area contributed by atoms with Crippen LogP contribution < -0.4 is 5.32 Å². The number of nitrogens with zero attached hydrogens (tertiary/aromatic N) is 2. The zero-order valence-electron chi connectivity index (χ0n) is 10.6. The molecule has 0 saturated heterocycles. The first kappa shape index (κ1) is 12.6. The molecular weight excluding hydrogens is 278 g/mol. The Balaban J connectivity index is 1.86. The summed E-state index contributed by atoms with van der Waals surface area (Å²) in [7, 11) is 0. The summed E-state index contributed by atoms with van der Waals surface area (Å²) in [5.41, 5.74) is 1.77. The number of carbonyl (C=O) groups excluding carboxylic acids is 1. The van der Waals surface area contributed by atoms with Gasteiger partial charge in [-0.3, -0.25) is 4.79 Å². The molecule has 0 bridgehead atoms. The highest BCUT2D eigenvalue weighted by Gasteiger charge is 2.13. The number of hydrogen-bond donors (Lipinski definition) is 1. The molecule has 20 heavy (non-hydrogen) atoms. The second kappa shape index (κ2) is 4.94. The van der Waals surface area contributed by atoms with Crippen LogP contribution in [-0.4, -0.2) is 16.1 Å². The van der Waals surface area contributed by atoms with Crippen molar-refractivity contribution in [3.63, 3.8) is 0 Å². The smallest absolute Gasteiger partial charge is 0.292 e. The lowest BCUT2D eigenvalue weighted by atomic mass is 10.2. The summed E-state index contributed by atoms with van der Waals surface area (Å²) in [4.78, 5) is 12.0. The number of aromatic nitrogens is 2. The van der Waals surface area contributed by atoms with Gasteiger partial charge in [0.05, 0.1) is 0 Å². The SMILES string of the molecule is Cc1ccc2oc(C(=O)Nc3ccc(Cl)nn3)cc2c1. The minimum atomic E-state index is -0.379. The first-order valence-electron chi connectivity index (χ1n) is 5.92. The molecule has 0 atom stereocenters. The van der Waals surface area contributed by atoms with Gasteiger partial charge in [-0.15, -0.1) is 10.2 Å². The van der Waals surface area contributed by atoms with Gasteiger partial charge in [0.1, 0.15) is 5.58 Å². The fourth-order valence-corrected chi connectivity index (χ4v) is 1.94. The van der Waals surface area contributed by atoms with E-state index in [4.69, 9.17) is 16.0 Å².